The quantitative estimate of drug-likeness (QED) is 0.849. The van der Waals surface area contributed by atoms with Crippen molar-refractivity contribution < 1.29 is 4.79 Å². The number of amides is 1. The van der Waals surface area contributed by atoms with Gasteiger partial charge in [0, 0.05) is 25.7 Å². The minimum Gasteiger partial charge on any atom is -0.384 e. The van der Waals surface area contributed by atoms with Crippen LogP contribution in [0.1, 0.15) is 26.2 Å². The van der Waals surface area contributed by atoms with Crippen molar-refractivity contribution in [1.29, 1.82) is 0 Å². The van der Waals surface area contributed by atoms with E-state index in [1.165, 1.54) is 10.7 Å². The molecule has 0 unspecified atom stereocenters. The van der Waals surface area contributed by atoms with Gasteiger partial charge in [-0.15, -0.1) is 0 Å². The van der Waals surface area contributed by atoms with E-state index in [0.29, 0.717) is 5.69 Å². The van der Waals surface area contributed by atoms with Crippen molar-refractivity contribution in [3.63, 3.8) is 0 Å². The van der Waals surface area contributed by atoms with E-state index in [2.05, 4.69) is 17.3 Å². The van der Waals surface area contributed by atoms with Gasteiger partial charge in [-0.05, 0) is 19.3 Å². The molecule has 1 aliphatic rings. The monoisotopic (exact) mass is 264 g/mol. The summed E-state index contributed by atoms with van der Waals surface area (Å²) in [6, 6.07) is 1.49. The summed E-state index contributed by atoms with van der Waals surface area (Å²) >= 11 is 0. The maximum absolute atomic E-state index is 11.9. The fourth-order valence-corrected chi connectivity index (χ4v) is 2.11. The van der Waals surface area contributed by atoms with Crippen molar-refractivity contribution in [3.8, 4) is 0 Å². The highest BCUT2D eigenvalue weighted by Crippen LogP contribution is 2.07. The van der Waals surface area contributed by atoms with Crippen LogP contribution < -0.4 is 10.9 Å². The third-order valence-corrected chi connectivity index (χ3v) is 3.19. The largest absolute Gasteiger partial charge is 0.384 e. The molecule has 1 N–H and O–H groups in total. The number of nitrogens with one attached hydrogen (secondary N) is 1. The molecule has 0 saturated carbocycles. The number of carbonyl (C=O) groups excluding carboxylic acids is 1. The van der Waals surface area contributed by atoms with E-state index in [0.717, 1.165) is 38.9 Å². The third-order valence-electron chi connectivity index (χ3n) is 3.19. The molecule has 1 saturated heterocycles. The van der Waals surface area contributed by atoms with E-state index < -0.39 is 0 Å². The molecule has 2 rings (SSSR count). The van der Waals surface area contributed by atoms with Crippen LogP contribution in [0.2, 0.25) is 0 Å². The maximum Gasteiger partial charge on any atom is 0.269 e. The molecule has 1 aromatic heterocycles. The molecule has 0 aliphatic carbocycles. The van der Waals surface area contributed by atoms with Crippen molar-refractivity contribution in [3.05, 3.63) is 22.6 Å². The molecule has 19 heavy (non-hydrogen) atoms. The minimum atomic E-state index is -0.242. The Bertz CT molecular complexity index is 492. The van der Waals surface area contributed by atoms with Crippen LogP contribution in [-0.4, -0.2) is 40.2 Å². The summed E-state index contributed by atoms with van der Waals surface area (Å²) in [6.45, 7) is 4.48. The van der Waals surface area contributed by atoms with Gasteiger partial charge in [0.1, 0.15) is 6.54 Å². The lowest BCUT2D eigenvalue weighted by molar-refractivity contribution is -0.131. The average Bonchev–Trinajstić information content (AvgIpc) is 2.93. The first-order chi connectivity index (χ1) is 9.20. The third kappa shape index (κ3) is 3.56. The van der Waals surface area contributed by atoms with Crippen molar-refractivity contribution in [1.82, 2.24) is 14.7 Å². The lowest BCUT2D eigenvalue weighted by Crippen LogP contribution is -2.35. The summed E-state index contributed by atoms with van der Waals surface area (Å²) in [5.41, 5.74) is 0.463. The number of hydrogen-bond acceptors (Lipinski definition) is 4. The molecule has 0 spiro atoms. The Labute approximate surface area is 112 Å². The van der Waals surface area contributed by atoms with E-state index in [9.17, 15) is 9.59 Å². The highest BCUT2D eigenvalue weighted by molar-refractivity contribution is 5.76. The molecule has 0 bridgehead atoms. The number of likely N-dealkylation sites (tertiary alicyclic amines) is 1. The Balaban J connectivity index is 2.00. The molecule has 0 aromatic carbocycles. The lowest BCUT2D eigenvalue weighted by Gasteiger charge is -2.15. The number of carbonyl (C=O) groups is 1. The van der Waals surface area contributed by atoms with Gasteiger partial charge in [-0.3, -0.25) is 9.59 Å². The molecule has 2 heterocycles. The molecule has 1 fully saturated rings. The summed E-state index contributed by atoms with van der Waals surface area (Å²) in [5.74, 6) is -0.0265. The van der Waals surface area contributed by atoms with Crippen molar-refractivity contribution in [2.45, 2.75) is 32.7 Å². The standard InChI is InChI=1S/C13H20N4O2/c1-2-5-14-11-8-12(18)17(15-9-11)10-13(19)16-6-3-4-7-16/h8-9,14H,2-7,10H2,1H3. The second-order valence-corrected chi connectivity index (χ2v) is 4.75. The number of aromatic nitrogens is 2. The smallest absolute Gasteiger partial charge is 0.269 e. The highest BCUT2D eigenvalue weighted by Gasteiger charge is 2.18. The van der Waals surface area contributed by atoms with Crippen LogP contribution in [0.15, 0.2) is 17.1 Å². The first-order valence-corrected chi connectivity index (χ1v) is 6.79. The van der Waals surface area contributed by atoms with Crippen molar-refractivity contribution in [2.75, 3.05) is 25.0 Å². The zero-order valence-electron chi connectivity index (χ0n) is 11.3. The molecule has 1 aromatic rings. The van der Waals surface area contributed by atoms with E-state index >= 15 is 0 Å². The predicted octanol–water partition coefficient (Wildman–Crippen LogP) is 0.688. The zero-order valence-corrected chi connectivity index (χ0v) is 11.3. The second-order valence-electron chi connectivity index (χ2n) is 4.75. The summed E-state index contributed by atoms with van der Waals surface area (Å²) in [7, 11) is 0. The van der Waals surface area contributed by atoms with Gasteiger partial charge >= 0.3 is 0 Å². The number of nitrogens with zero attached hydrogens (tertiary/aromatic N) is 3. The van der Waals surface area contributed by atoms with E-state index in [1.54, 1.807) is 11.1 Å². The van der Waals surface area contributed by atoms with Gasteiger partial charge in [0.2, 0.25) is 5.91 Å². The van der Waals surface area contributed by atoms with Gasteiger partial charge in [0.05, 0.1) is 11.9 Å². The molecule has 0 radical (unpaired) electrons. The van der Waals surface area contributed by atoms with Crippen LogP contribution in [0, 0.1) is 0 Å². The summed E-state index contributed by atoms with van der Waals surface area (Å²) < 4.78 is 1.22. The molecule has 1 amide bonds. The number of anilines is 1. The lowest BCUT2D eigenvalue weighted by atomic mass is 10.4. The molecule has 104 valence electrons. The van der Waals surface area contributed by atoms with Gasteiger partial charge in [-0.1, -0.05) is 6.92 Å². The molecular formula is C13H20N4O2. The molecule has 1 aliphatic heterocycles. The first kappa shape index (κ1) is 13.6. The zero-order chi connectivity index (χ0) is 13.7. The number of hydrogen-bond donors (Lipinski definition) is 1. The SMILES string of the molecule is CCCNc1cnn(CC(=O)N2CCCC2)c(=O)c1. The fraction of sp³-hybridized carbons (Fsp3) is 0.615. The van der Waals surface area contributed by atoms with Crippen LogP contribution in [0.25, 0.3) is 0 Å². The first-order valence-electron chi connectivity index (χ1n) is 6.79. The Morgan fingerprint density at radius 2 is 2.16 bits per heavy atom. The average molecular weight is 264 g/mol. The van der Waals surface area contributed by atoms with Gasteiger partial charge < -0.3 is 10.2 Å². The van der Waals surface area contributed by atoms with Gasteiger partial charge in [0.25, 0.3) is 5.56 Å². The summed E-state index contributed by atoms with van der Waals surface area (Å²) in [6.07, 6.45) is 4.67. The van der Waals surface area contributed by atoms with Crippen molar-refractivity contribution in [2.24, 2.45) is 0 Å². The predicted molar refractivity (Wildman–Crippen MR) is 73.1 cm³/mol. The normalized spacial score (nSPS) is 14.7. The highest BCUT2D eigenvalue weighted by atomic mass is 16.2. The summed E-state index contributed by atoms with van der Waals surface area (Å²) in [4.78, 5) is 25.6. The van der Waals surface area contributed by atoms with Gasteiger partial charge in [-0.2, -0.15) is 5.10 Å². The molecule has 6 nitrogen and oxygen atoms in total. The van der Waals surface area contributed by atoms with Gasteiger partial charge in [0.15, 0.2) is 0 Å². The van der Waals surface area contributed by atoms with Crippen molar-refractivity contribution >= 4 is 11.6 Å². The molecule has 0 atom stereocenters. The maximum atomic E-state index is 11.9. The van der Waals surface area contributed by atoms with Crippen LogP contribution in [-0.2, 0) is 11.3 Å². The number of rotatable bonds is 5. The van der Waals surface area contributed by atoms with Gasteiger partial charge in [-0.25, -0.2) is 4.68 Å². The van der Waals surface area contributed by atoms with Crippen LogP contribution in [0.4, 0.5) is 5.69 Å². The van der Waals surface area contributed by atoms with Crippen LogP contribution in [0.3, 0.4) is 0 Å². The fourth-order valence-electron chi connectivity index (χ4n) is 2.11. The van der Waals surface area contributed by atoms with Crippen LogP contribution >= 0.6 is 0 Å². The topological polar surface area (TPSA) is 67.2 Å². The molecule has 6 heteroatoms. The minimum absolute atomic E-state index is 0.0265. The Morgan fingerprint density at radius 1 is 1.42 bits per heavy atom. The molecular weight excluding hydrogens is 244 g/mol. The van der Waals surface area contributed by atoms with E-state index in [-0.39, 0.29) is 18.0 Å². The second kappa shape index (κ2) is 6.36. The Hall–Kier alpha value is -1.85. The van der Waals surface area contributed by atoms with E-state index in [1.807, 2.05) is 0 Å². The Kier molecular flexibility index (Phi) is 4.54. The Morgan fingerprint density at radius 3 is 2.79 bits per heavy atom. The van der Waals surface area contributed by atoms with E-state index in [4.69, 9.17) is 0 Å². The van der Waals surface area contributed by atoms with Crippen LogP contribution in [0.5, 0.6) is 0 Å². The summed E-state index contributed by atoms with van der Waals surface area (Å²) in [5, 5.41) is 7.14.